The van der Waals surface area contributed by atoms with Gasteiger partial charge in [0.1, 0.15) is 6.61 Å². The first-order valence-corrected chi connectivity index (χ1v) is 12.2. The van der Waals surface area contributed by atoms with Gasteiger partial charge in [0.15, 0.2) is 0 Å². The fourth-order valence-corrected chi connectivity index (χ4v) is 5.05. The number of ether oxygens (including phenoxy) is 2. The van der Waals surface area contributed by atoms with E-state index < -0.39 is 12.1 Å². The number of carbonyl (C=O) groups is 3. The van der Waals surface area contributed by atoms with Crippen molar-refractivity contribution in [3.05, 3.63) is 59.7 Å². The van der Waals surface area contributed by atoms with E-state index >= 15 is 0 Å². The number of amides is 2. The number of hydrogen-bond donors (Lipinski definition) is 3. The second kappa shape index (κ2) is 11.8. The lowest BCUT2D eigenvalue weighted by molar-refractivity contribution is -0.138. The molecule has 2 atom stereocenters. The highest BCUT2D eigenvalue weighted by atomic mass is 16.5. The minimum Gasteiger partial charge on any atom is -0.481 e. The molecular formula is C27H32N2O6. The molecule has 8 heteroatoms. The van der Waals surface area contributed by atoms with Gasteiger partial charge in [0.25, 0.3) is 0 Å². The normalized spacial score (nSPS) is 18.9. The number of hydrogen-bond acceptors (Lipinski definition) is 5. The Morgan fingerprint density at radius 2 is 1.57 bits per heavy atom. The molecule has 186 valence electrons. The van der Waals surface area contributed by atoms with E-state index in [9.17, 15) is 14.4 Å². The van der Waals surface area contributed by atoms with Crippen molar-refractivity contribution >= 4 is 18.0 Å². The van der Waals surface area contributed by atoms with E-state index in [-0.39, 0.29) is 50.0 Å². The van der Waals surface area contributed by atoms with Crippen LogP contribution >= 0.6 is 0 Å². The first-order valence-electron chi connectivity index (χ1n) is 12.2. The molecule has 0 saturated heterocycles. The molecule has 2 amide bonds. The van der Waals surface area contributed by atoms with Gasteiger partial charge in [0, 0.05) is 18.5 Å². The summed E-state index contributed by atoms with van der Waals surface area (Å²) < 4.78 is 10.9. The van der Waals surface area contributed by atoms with Gasteiger partial charge in [-0.15, -0.1) is 0 Å². The van der Waals surface area contributed by atoms with Crippen LogP contribution < -0.4 is 10.6 Å². The Kier molecular flexibility index (Phi) is 8.36. The van der Waals surface area contributed by atoms with Crippen molar-refractivity contribution in [1.29, 1.82) is 0 Å². The highest BCUT2D eigenvalue weighted by Gasteiger charge is 2.33. The minimum atomic E-state index is -0.918. The van der Waals surface area contributed by atoms with Gasteiger partial charge in [-0.1, -0.05) is 61.4 Å². The molecule has 35 heavy (non-hydrogen) atoms. The number of benzene rings is 2. The number of rotatable bonds is 10. The van der Waals surface area contributed by atoms with Gasteiger partial charge < -0.3 is 25.2 Å². The first-order chi connectivity index (χ1) is 17.0. The number of carboxylic acid groups (broad SMARTS) is 1. The third-order valence-corrected chi connectivity index (χ3v) is 6.76. The number of carbonyl (C=O) groups excluding carboxylic acids is 2. The molecule has 0 bridgehead atoms. The monoisotopic (exact) mass is 480 g/mol. The largest absolute Gasteiger partial charge is 0.481 e. The highest BCUT2D eigenvalue weighted by molar-refractivity contribution is 5.81. The lowest BCUT2D eigenvalue weighted by Crippen LogP contribution is -2.49. The third-order valence-electron chi connectivity index (χ3n) is 6.76. The van der Waals surface area contributed by atoms with Crippen molar-refractivity contribution in [1.82, 2.24) is 10.6 Å². The van der Waals surface area contributed by atoms with Gasteiger partial charge in [-0.05, 0) is 35.1 Å². The maximum atomic E-state index is 12.7. The summed E-state index contributed by atoms with van der Waals surface area (Å²) in [6.07, 6.45) is 2.71. The standard InChI is InChI=1S/C27H32N2O6/c30-25(31)13-15-34-16-14-28-26(32)22-11-5-6-12-24(22)29-27(33)35-17-23-20-9-3-1-7-18(20)19-8-2-4-10-21(19)23/h1-4,7-10,22-24H,5-6,11-17H2,(H,28,32)(H,29,33)(H,30,31)/t22-,24+/m1/s1. The Labute approximate surface area is 205 Å². The zero-order valence-electron chi connectivity index (χ0n) is 19.7. The number of fused-ring (bicyclic) bond motifs is 3. The molecule has 0 spiro atoms. The molecule has 0 aliphatic heterocycles. The highest BCUT2D eigenvalue weighted by Crippen LogP contribution is 2.44. The summed E-state index contributed by atoms with van der Waals surface area (Å²) in [4.78, 5) is 35.9. The Balaban J connectivity index is 1.28. The van der Waals surface area contributed by atoms with Crippen LogP contribution in [0.4, 0.5) is 4.79 Å². The summed E-state index contributed by atoms with van der Waals surface area (Å²) in [6.45, 7) is 0.889. The van der Waals surface area contributed by atoms with E-state index in [0.717, 1.165) is 30.4 Å². The molecular weight excluding hydrogens is 448 g/mol. The van der Waals surface area contributed by atoms with Crippen LogP contribution in [0, 0.1) is 5.92 Å². The average Bonchev–Trinajstić information content (AvgIpc) is 3.18. The topological polar surface area (TPSA) is 114 Å². The van der Waals surface area contributed by atoms with Crippen molar-refractivity contribution in [2.24, 2.45) is 5.92 Å². The smallest absolute Gasteiger partial charge is 0.407 e. The molecule has 2 aliphatic carbocycles. The maximum Gasteiger partial charge on any atom is 0.407 e. The van der Waals surface area contributed by atoms with Gasteiger partial charge in [-0.25, -0.2) is 4.79 Å². The van der Waals surface area contributed by atoms with E-state index in [1.807, 2.05) is 24.3 Å². The number of alkyl carbamates (subject to hydrolysis) is 1. The fraction of sp³-hybridized carbons (Fsp3) is 0.444. The van der Waals surface area contributed by atoms with Crippen LogP contribution in [0.25, 0.3) is 11.1 Å². The molecule has 0 unspecified atom stereocenters. The molecule has 2 aliphatic rings. The predicted molar refractivity (Wildman–Crippen MR) is 130 cm³/mol. The van der Waals surface area contributed by atoms with Crippen LogP contribution in [0.15, 0.2) is 48.5 Å². The van der Waals surface area contributed by atoms with Crippen LogP contribution in [-0.2, 0) is 19.1 Å². The van der Waals surface area contributed by atoms with E-state index in [2.05, 4.69) is 34.9 Å². The fourth-order valence-electron chi connectivity index (χ4n) is 5.05. The van der Waals surface area contributed by atoms with Gasteiger partial charge in [-0.3, -0.25) is 9.59 Å². The Morgan fingerprint density at radius 3 is 2.26 bits per heavy atom. The quantitative estimate of drug-likeness (QED) is 0.447. The zero-order valence-corrected chi connectivity index (χ0v) is 19.7. The van der Waals surface area contributed by atoms with Crippen LogP contribution in [0.1, 0.15) is 49.1 Å². The molecule has 8 nitrogen and oxygen atoms in total. The SMILES string of the molecule is O=C(O)CCOCCNC(=O)[C@@H]1CCCC[C@@H]1NC(=O)OCC1c2ccccc2-c2ccccc21. The van der Waals surface area contributed by atoms with Gasteiger partial charge in [0.2, 0.25) is 5.91 Å². The lowest BCUT2D eigenvalue weighted by Gasteiger charge is -2.31. The Morgan fingerprint density at radius 1 is 0.914 bits per heavy atom. The van der Waals surface area contributed by atoms with Gasteiger partial charge in [0.05, 0.1) is 25.6 Å². The maximum absolute atomic E-state index is 12.7. The van der Waals surface area contributed by atoms with Gasteiger partial charge >= 0.3 is 12.1 Å². The van der Waals surface area contributed by atoms with E-state index in [1.165, 1.54) is 11.1 Å². The number of carboxylic acids is 1. The molecule has 1 saturated carbocycles. The first kappa shape index (κ1) is 24.7. The van der Waals surface area contributed by atoms with Crippen molar-refractivity contribution in [3.63, 3.8) is 0 Å². The summed E-state index contributed by atoms with van der Waals surface area (Å²) in [5.74, 6) is -1.39. The van der Waals surface area contributed by atoms with Crippen LogP contribution in [0.5, 0.6) is 0 Å². The summed E-state index contributed by atoms with van der Waals surface area (Å²) in [5, 5.41) is 14.4. The predicted octanol–water partition coefficient (Wildman–Crippen LogP) is 3.69. The molecule has 3 N–H and O–H groups in total. The van der Waals surface area contributed by atoms with Crippen molar-refractivity contribution in [3.8, 4) is 11.1 Å². The Bertz CT molecular complexity index is 1010. The molecule has 2 aromatic carbocycles. The van der Waals surface area contributed by atoms with E-state index in [1.54, 1.807) is 0 Å². The summed E-state index contributed by atoms with van der Waals surface area (Å²) in [5.41, 5.74) is 4.66. The van der Waals surface area contributed by atoms with E-state index in [0.29, 0.717) is 13.0 Å². The summed E-state index contributed by atoms with van der Waals surface area (Å²) in [7, 11) is 0. The number of nitrogens with one attached hydrogen (secondary N) is 2. The molecule has 0 heterocycles. The van der Waals surface area contributed by atoms with Crippen molar-refractivity contribution in [2.75, 3.05) is 26.4 Å². The van der Waals surface area contributed by atoms with Gasteiger partial charge in [-0.2, -0.15) is 0 Å². The zero-order chi connectivity index (χ0) is 24.6. The average molecular weight is 481 g/mol. The van der Waals surface area contributed by atoms with Crippen molar-refractivity contribution < 1.29 is 29.0 Å². The Hall–Kier alpha value is -3.39. The number of aliphatic carboxylic acids is 1. The van der Waals surface area contributed by atoms with Crippen LogP contribution in [-0.4, -0.2) is 55.5 Å². The second-order valence-corrected chi connectivity index (χ2v) is 9.01. The molecule has 1 fully saturated rings. The molecule has 4 rings (SSSR count). The van der Waals surface area contributed by atoms with Crippen LogP contribution in [0.3, 0.4) is 0 Å². The summed E-state index contributed by atoms with van der Waals surface area (Å²) in [6, 6.07) is 16.1. The van der Waals surface area contributed by atoms with Crippen molar-refractivity contribution in [2.45, 2.75) is 44.1 Å². The van der Waals surface area contributed by atoms with Crippen LogP contribution in [0.2, 0.25) is 0 Å². The molecule has 0 aromatic heterocycles. The van der Waals surface area contributed by atoms with E-state index in [4.69, 9.17) is 14.6 Å². The summed E-state index contributed by atoms with van der Waals surface area (Å²) >= 11 is 0. The molecule has 2 aromatic rings. The minimum absolute atomic E-state index is 0.0141. The lowest BCUT2D eigenvalue weighted by atomic mass is 9.84. The third kappa shape index (κ3) is 6.19. The second-order valence-electron chi connectivity index (χ2n) is 9.01. The molecule has 0 radical (unpaired) electrons.